The molecule has 4 aromatic heterocycles. The molecule has 0 aliphatic rings. The van der Waals surface area contributed by atoms with E-state index in [1.165, 1.54) is 5.56 Å². The molecule has 0 aliphatic heterocycles. The van der Waals surface area contributed by atoms with Crippen LogP contribution in [0.2, 0.25) is 0 Å². The maximum Gasteiger partial charge on any atom is 0.277 e. The lowest BCUT2D eigenvalue weighted by atomic mass is 10.2. The summed E-state index contributed by atoms with van der Waals surface area (Å²) < 4.78 is 3.64. The summed E-state index contributed by atoms with van der Waals surface area (Å²) in [6.45, 7) is 3.91. The van der Waals surface area contributed by atoms with Gasteiger partial charge in [0.05, 0.1) is 23.6 Å². The van der Waals surface area contributed by atoms with Crippen LogP contribution in [0.15, 0.2) is 73.3 Å². The Morgan fingerprint density at radius 1 is 0.968 bits per heavy atom. The van der Waals surface area contributed by atoms with E-state index in [0.717, 1.165) is 17.1 Å². The number of aromatic nitrogens is 6. The molecule has 0 spiro atoms. The fraction of sp³-hybridized carbons (Fsp3) is 0.0870. The van der Waals surface area contributed by atoms with Gasteiger partial charge in [-0.1, -0.05) is 23.8 Å². The average Bonchev–Trinajstić information content (AvgIpc) is 3.39. The summed E-state index contributed by atoms with van der Waals surface area (Å²) in [5, 5.41) is 7.29. The zero-order chi connectivity index (χ0) is 21.4. The third-order valence-corrected chi connectivity index (χ3v) is 4.94. The summed E-state index contributed by atoms with van der Waals surface area (Å²) in [5.74, 6) is 0.718. The maximum atomic E-state index is 13.0. The molecule has 0 aliphatic carbocycles. The number of carbonyl (C=O) groups is 1. The fourth-order valence-corrected chi connectivity index (χ4v) is 3.44. The smallest absolute Gasteiger partial charge is 0.277 e. The van der Waals surface area contributed by atoms with E-state index < -0.39 is 0 Å². The third kappa shape index (κ3) is 3.44. The van der Waals surface area contributed by atoms with Gasteiger partial charge in [0, 0.05) is 18.1 Å². The summed E-state index contributed by atoms with van der Waals surface area (Å²) >= 11 is 0. The number of fused-ring (bicyclic) bond motifs is 1. The van der Waals surface area contributed by atoms with E-state index in [1.54, 1.807) is 35.5 Å². The number of pyridine rings is 1. The van der Waals surface area contributed by atoms with E-state index in [9.17, 15) is 4.79 Å². The van der Waals surface area contributed by atoms with Crippen LogP contribution >= 0.6 is 0 Å². The van der Waals surface area contributed by atoms with E-state index in [4.69, 9.17) is 0 Å². The van der Waals surface area contributed by atoms with Crippen LogP contribution in [0.5, 0.6) is 0 Å². The van der Waals surface area contributed by atoms with Crippen molar-refractivity contribution in [3.8, 4) is 17.2 Å². The molecule has 0 unspecified atom stereocenters. The molecule has 0 bridgehead atoms. The number of aryl methyl sites for hydroxylation is 2. The van der Waals surface area contributed by atoms with Gasteiger partial charge in [-0.3, -0.25) is 14.2 Å². The lowest BCUT2D eigenvalue weighted by Crippen LogP contribution is -2.14. The number of anilines is 1. The minimum Gasteiger partial charge on any atom is -0.305 e. The molecular formula is C23H19N7O. The Morgan fingerprint density at radius 2 is 1.81 bits per heavy atom. The lowest BCUT2D eigenvalue weighted by molar-refractivity contribution is 0.102. The van der Waals surface area contributed by atoms with Gasteiger partial charge in [0.25, 0.3) is 5.91 Å². The summed E-state index contributed by atoms with van der Waals surface area (Å²) in [4.78, 5) is 26.2. The first-order valence-electron chi connectivity index (χ1n) is 9.79. The van der Waals surface area contributed by atoms with Crippen molar-refractivity contribution in [1.82, 2.24) is 29.1 Å². The van der Waals surface area contributed by atoms with E-state index >= 15 is 0 Å². The van der Waals surface area contributed by atoms with Crippen LogP contribution in [0.25, 0.3) is 22.7 Å². The van der Waals surface area contributed by atoms with Crippen LogP contribution in [0.3, 0.4) is 0 Å². The lowest BCUT2D eigenvalue weighted by Gasteiger charge is -2.07. The second-order valence-corrected chi connectivity index (χ2v) is 7.20. The normalized spacial score (nSPS) is 11.0. The van der Waals surface area contributed by atoms with E-state index in [1.807, 2.05) is 60.7 Å². The van der Waals surface area contributed by atoms with Gasteiger partial charge in [0.15, 0.2) is 11.5 Å². The topological polar surface area (TPSA) is 90.0 Å². The monoisotopic (exact) mass is 409 g/mol. The van der Waals surface area contributed by atoms with Gasteiger partial charge < -0.3 is 5.32 Å². The molecule has 0 atom stereocenters. The van der Waals surface area contributed by atoms with Crippen LogP contribution < -0.4 is 5.32 Å². The molecule has 152 valence electrons. The Morgan fingerprint density at radius 3 is 2.61 bits per heavy atom. The summed E-state index contributed by atoms with van der Waals surface area (Å²) in [5.41, 5.74) is 4.52. The largest absolute Gasteiger partial charge is 0.305 e. The molecular weight excluding hydrogens is 390 g/mol. The number of nitrogens with zero attached hydrogens (tertiary/aromatic N) is 6. The molecule has 1 amide bonds. The second kappa shape index (κ2) is 7.49. The average molecular weight is 409 g/mol. The zero-order valence-corrected chi connectivity index (χ0v) is 17.0. The van der Waals surface area contributed by atoms with Gasteiger partial charge in [0.1, 0.15) is 11.5 Å². The highest BCUT2D eigenvalue weighted by atomic mass is 16.2. The van der Waals surface area contributed by atoms with Crippen LogP contribution in [0, 0.1) is 13.8 Å². The number of rotatable bonds is 4. The summed E-state index contributed by atoms with van der Waals surface area (Å²) in [6.07, 6.45) is 6.79. The maximum absolute atomic E-state index is 13.0. The number of hydrogen-bond donors (Lipinski definition) is 1. The first-order valence-corrected chi connectivity index (χ1v) is 9.79. The van der Waals surface area contributed by atoms with Crippen LogP contribution in [0.4, 0.5) is 5.82 Å². The van der Waals surface area contributed by atoms with Crippen molar-refractivity contribution in [3.63, 3.8) is 0 Å². The predicted molar refractivity (Wildman–Crippen MR) is 117 cm³/mol. The molecule has 5 aromatic rings. The number of carbonyl (C=O) groups excluding carboxylic acids is 1. The highest BCUT2D eigenvalue weighted by Crippen LogP contribution is 2.25. The molecule has 4 heterocycles. The SMILES string of the molecule is Cc1ccc(-n2nccc2-c2nc(C(=O)Nc3cccc(C)n3)c3cnccn23)cc1. The van der Waals surface area contributed by atoms with Crippen molar-refractivity contribution in [2.75, 3.05) is 5.32 Å². The Balaban J connectivity index is 1.60. The predicted octanol–water partition coefficient (Wildman–Crippen LogP) is 3.85. The molecule has 0 radical (unpaired) electrons. The Hall–Kier alpha value is -4.33. The van der Waals surface area contributed by atoms with Gasteiger partial charge in [-0.2, -0.15) is 5.10 Å². The van der Waals surface area contributed by atoms with Gasteiger partial charge in [0.2, 0.25) is 0 Å². The van der Waals surface area contributed by atoms with Crippen molar-refractivity contribution >= 4 is 17.2 Å². The van der Waals surface area contributed by atoms with E-state index in [2.05, 4.69) is 25.4 Å². The summed E-state index contributed by atoms with van der Waals surface area (Å²) in [6, 6.07) is 15.4. The second-order valence-electron chi connectivity index (χ2n) is 7.20. The van der Waals surface area contributed by atoms with Crippen LogP contribution in [-0.4, -0.2) is 35.0 Å². The van der Waals surface area contributed by atoms with Crippen molar-refractivity contribution in [2.24, 2.45) is 0 Å². The highest BCUT2D eigenvalue weighted by molar-refractivity contribution is 6.07. The zero-order valence-electron chi connectivity index (χ0n) is 17.0. The Labute approximate surface area is 178 Å². The first kappa shape index (κ1) is 18.7. The minimum absolute atomic E-state index is 0.267. The molecule has 1 N–H and O–H groups in total. The minimum atomic E-state index is -0.351. The molecule has 8 heteroatoms. The molecule has 1 aromatic carbocycles. The number of imidazole rings is 1. The van der Waals surface area contributed by atoms with Crippen molar-refractivity contribution < 1.29 is 4.79 Å². The van der Waals surface area contributed by atoms with E-state index in [0.29, 0.717) is 17.2 Å². The van der Waals surface area contributed by atoms with Crippen molar-refractivity contribution in [1.29, 1.82) is 0 Å². The van der Waals surface area contributed by atoms with Crippen molar-refractivity contribution in [3.05, 3.63) is 90.3 Å². The number of benzene rings is 1. The molecule has 0 saturated carbocycles. The highest BCUT2D eigenvalue weighted by Gasteiger charge is 2.21. The van der Waals surface area contributed by atoms with Gasteiger partial charge in [-0.15, -0.1) is 0 Å². The molecule has 8 nitrogen and oxygen atoms in total. The van der Waals surface area contributed by atoms with Crippen LogP contribution in [0.1, 0.15) is 21.7 Å². The van der Waals surface area contributed by atoms with Gasteiger partial charge in [-0.25, -0.2) is 14.6 Å². The molecule has 0 saturated heterocycles. The number of hydrogen-bond acceptors (Lipinski definition) is 5. The Bertz CT molecular complexity index is 1400. The fourth-order valence-electron chi connectivity index (χ4n) is 3.44. The first-order chi connectivity index (χ1) is 15.1. The third-order valence-electron chi connectivity index (χ3n) is 4.94. The quantitative estimate of drug-likeness (QED) is 0.487. The van der Waals surface area contributed by atoms with Gasteiger partial charge in [-0.05, 0) is 44.2 Å². The standard InChI is InChI=1S/C23H19N7O/c1-15-6-8-17(9-7-15)30-18(10-11-25-30)22-28-21(19-14-24-12-13-29(19)22)23(31)27-20-5-3-4-16(2)26-20/h3-14H,1-2H3,(H,26,27,31). The van der Waals surface area contributed by atoms with Crippen LogP contribution in [-0.2, 0) is 0 Å². The molecule has 0 fully saturated rings. The van der Waals surface area contributed by atoms with E-state index in [-0.39, 0.29) is 11.6 Å². The van der Waals surface area contributed by atoms with Crippen molar-refractivity contribution in [2.45, 2.75) is 13.8 Å². The number of amides is 1. The molecule has 5 rings (SSSR count). The summed E-state index contributed by atoms with van der Waals surface area (Å²) in [7, 11) is 0. The van der Waals surface area contributed by atoms with Gasteiger partial charge >= 0.3 is 0 Å². The molecule has 31 heavy (non-hydrogen) atoms. The number of nitrogens with one attached hydrogen (secondary N) is 1. The Kier molecular flexibility index (Phi) is 4.51.